The fraction of sp³-hybridized carbons (Fsp3) is 0.417. The highest BCUT2D eigenvalue weighted by molar-refractivity contribution is 7.22. The molecule has 1 unspecified atom stereocenters. The highest BCUT2D eigenvalue weighted by Crippen LogP contribution is 2.32. The van der Waals surface area contributed by atoms with Crippen LogP contribution in [0.5, 0.6) is 5.75 Å². The summed E-state index contributed by atoms with van der Waals surface area (Å²) in [4.78, 5) is 19.9. The molecule has 2 aromatic carbocycles. The van der Waals surface area contributed by atoms with Gasteiger partial charge in [-0.05, 0) is 42.0 Å². The number of carbonyl (C=O) groups is 1. The van der Waals surface area contributed by atoms with Crippen LogP contribution < -0.4 is 9.64 Å². The van der Waals surface area contributed by atoms with Gasteiger partial charge in [0.25, 0.3) is 0 Å². The highest BCUT2D eigenvalue weighted by Gasteiger charge is 2.26. The Kier molecular flexibility index (Phi) is 6.35. The number of hydrogen-bond donors (Lipinski definition) is 0. The van der Waals surface area contributed by atoms with Crippen LogP contribution in [-0.2, 0) is 16.0 Å². The molecule has 0 N–H and O–H groups in total. The molecule has 3 aromatic rings. The number of fused-ring (bicyclic) bond motifs is 1. The van der Waals surface area contributed by atoms with Crippen molar-refractivity contribution in [2.24, 2.45) is 0 Å². The van der Waals surface area contributed by atoms with Gasteiger partial charge in [0, 0.05) is 12.7 Å². The molecule has 158 valence electrons. The zero-order valence-corrected chi connectivity index (χ0v) is 18.6. The van der Waals surface area contributed by atoms with Crippen LogP contribution in [0.25, 0.3) is 10.2 Å². The lowest BCUT2D eigenvalue weighted by Gasteiger charge is -2.23. The SMILES string of the molecule is COc1ccc2sc(N(CC3CCCO3)C(=O)Cc3ccc(C(C)C)cc3)nc2c1. The number of rotatable bonds is 7. The lowest BCUT2D eigenvalue weighted by Crippen LogP contribution is -2.38. The molecule has 1 amide bonds. The summed E-state index contributed by atoms with van der Waals surface area (Å²) in [7, 11) is 1.65. The van der Waals surface area contributed by atoms with Gasteiger partial charge in [-0.1, -0.05) is 49.4 Å². The van der Waals surface area contributed by atoms with Crippen LogP contribution in [0.2, 0.25) is 0 Å². The summed E-state index contributed by atoms with van der Waals surface area (Å²) < 4.78 is 12.2. The molecule has 5 nitrogen and oxygen atoms in total. The molecule has 0 spiro atoms. The number of hydrogen-bond acceptors (Lipinski definition) is 5. The molecule has 2 heterocycles. The van der Waals surface area contributed by atoms with Crippen molar-refractivity contribution in [3.05, 3.63) is 53.6 Å². The minimum atomic E-state index is 0.0498. The summed E-state index contributed by atoms with van der Waals surface area (Å²) in [6, 6.07) is 14.2. The Morgan fingerprint density at radius 2 is 2.07 bits per heavy atom. The Bertz CT molecular complexity index is 1010. The third-order valence-corrected chi connectivity index (χ3v) is 6.59. The van der Waals surface area contributed by atoms with E-state index in [2.05, 4.69) is 38.1 Å². The molecular weight excluding hydrogens is 396 g/mol. The molecule has 30 heavy (non-hydrogen) atoms. The molecule has 1 fully saturated rings. The highest BCUT2D eigenvalue weighted by atomic mass is 32.1. The number of nitrogens with zero attached hydrogens (tertiary/aromatic N) is 2. The van der Waals surface area contributed by atoms with Crippen molar-refractivity contribution in [2.75, 3.05) is 25.2 Å². The normalized spacial score (nSPS) is 16.3. The van der Waals surface area contributed by atoms with Gasteiger partial charge in [-0.15, -0.1) is 0 Å². The van der Waals surface area contributed by atoms with E-state index in [4.69, 9.17) is 14.5 Å². The van der Waals surface area contributed by atoms with Crippen molar-refractivity contribution >= 4 is 32.6 Å². The number of benzene rings is 2. The summed E-state index contributed by atoms with van der Waals surface area (Å²) in [5.74, 6) is 1.29. The van der Waals surface area contributed by atoms with E-state index < -0.39 is 0 Å². The standard InChI is InChI=1S/C24H28N2O3S/c1-16(2)18-8-6-17(7-9-18)13-23(27)26(15-20-5-4-12-29-20)24-25-21-14-19(28-3)10-11-22(21)30-24/h6-11,14,16,20H,4-5,12-13,15H2,1-3H3. The molecule has 1 aliphatic heterocycles. The Morgan fingerprint density at radius 3 is 2.73 bits per heavy atom. The predicted octanol–water partition coefficient (Wildman–Crippen LogP) is 5.18. The van der Waals surface area contributed by atoms with Gasteiger partial charge in [-0.3, -0.25) is 9.69 Å². The molecule has 1 aliphatic rings. The third-order valence-electron chi connectivity index (χ3n) is 5.53. The van der Waals surface area contributed by atoms with Crippen molar-refractivity contribution in [1.82, 2.24) is 4.98 Å². The largest absolute Gasteiger partial charge is 0.497 e. The van der Waals surface area contributed by atoms with Gasteiger partial charge in [-0.25, -0.2) is 4.98 Å². The van der Waals surface area contributed by atoms with Crippen LogP contribution in [0.3, 0.4) is 0 Å². The summed E-state index contributed by atoms with van der Waals surface area (Å²) >= 11 is 1.54. The second-order valence-corrected chi connectivity index (χ2v) is 9.05. The van der Waals surface area contributed by atoms with Gasteiger partial charge in [0.15, 0.2) is 5.13 Å². The molecular formula is C24H28N2O3S. The molecule has 1 saturated heterocycles. The zero-order chi connectivity index (χ0) is 21.1. The smallest absolute Gasteiger partial charge is 0.233 e. The lowest BCUT2D eigenvalue weighted by molar-refractivity contribution is -0.118. The maximum atomic E-state index is 13.3. The van der Waals surface area contributed by atoms with E-state index in [0.717, 1.165) is 46.1 Å². The molecule has 0 aliphatic carbocycles. The first-order chi connectivity index (χ1) is 14.5. The maximum Gasteiger partial charge on any atom is 0.233 e. The van der Waals surface area contributed by atoms with E-state index in [-0.39, 0.29) is 12.0 Å². The van der Waals surface area contributed by atoms with Crippen molar-refractivity contribution < 1.29 is 14.3 Å². The number of carbonyl (C=O) groups excluding carboxylic acids is 1. The summed E-state index contributed by atoms with van der Waals surface area (Å²) in [5, 5.41) is 0.720. The molecule has 0 bridgehead atoms. The van der Waals surface area contributed by atoms with Crippen LogP contribution in [0.1, 0.15) is 43.7 Å². The fourth-order valence-corrected chi connectivity index (χ4v) is 4.68. The van der Waals surface area contributed by atoms with Crippen molar-refractivity contribution in [2.45, 2.75) is 45.1 Å². The predicted molar refractivity (Wildman–Crippen MR) is 122 cm³/mol. The van der Waals surface area contributed by atoms with E-state index in [1.165, 1.54) is 16.9 Å². The summed E-state index contributed by atoms with van der Waals surface area (Å²) in [6.45, 7) is 5.65. The van der Waals surface area contributed by atoms with Crippen LogP contribution in [0.15, 0.2) is 42.5 Å². The Morgan fingerprint density at radius 1 is 1.27 bits per heavy atom. The van der Waals surface area contributed by atoms with Gasteiger partial charge < -0.3 is 9.47 Å². The van der Waals surface area contributed by atoms with E-state index in [1.54, 1.807) is 7.11 Å². The number of methoxy groups -OCH3 is 1. The summed E-state index contributed by atoms with van der Waals surface area (Å²) in [6.07, 6.45) is 2.44. The number of ether oxygens (including phenoxy) is 2. The number of amides is 1. The Labute approximate surface area is 181 Å². The number of aromatic nitrogens is 1. The molecule has 1 atom stereocenters. The molecule has 0 radical (unpaired) electrons. The maximum absolute atomic E-state index is 13.3. The van der Waals surface area contributed by atoms with Gasteiger partial charge in [0.1, 0.15) is 5.75 Å². The minimum absolute atomic E-state index is 0.0498. The van der Waals surface area contributed by atoms with Crippen LogP contribution in [-0.4, -0.2) is 37.3 Å². The van der Waals surface area contributed by atoms with Crippen molar-refractivity contribution in [3.8, 4) is 5.75 Å². The van der Waals surface area contributed by atoms with Gasteiger partial charge >= 0.3 is 0 Å². The average molecular weight is 425 g/mol. The van der Waals surface area contributed by atoms with Crippen LogP contribution >= 0.6 is 11.3 Å². The van der Waals surface area contributed by atoms with Gasteiger partial charge in [-0.2, -0.15) is 0 Å². The number of anilines is 1. The van der Waals surface area contributed by atoms with E-state index in [0.29, 0.717) is 18.9 Å². The Balaban J connectivity index is 1.59. The first-order valence-electron chi connectivity index (χ1n) is 10.5. The van der Waals surface area contributed by atoms with Crippen molar-refractivity contribution in [3.63, 3.8) is 0 Å². The van der Waals surface area contributed by atoms with E-state index in [1.807, 2.05) is 23.1 Å². The van der Waals surface area contributed by atoms with Crippen molar-refractivity contribution in [1.29, 1.82) is 0 Å². The molecule has 4 rings (SSSR count). The van der Waals surface area contributed by atoms with Crippen LogP contribution in [0.4, 0.5) is 5.13 Å². The average Bonchev–Trinajstić information content (AvgIpc) is 3.41. The second-order valence-electron chi connectivity index (χ2n) is 8.04. The van der Waals surface area contributed by atoms with E-state index >= 15 is 0 Å². The Hall–Kier alpha value is -2.44. The number of thiazole rings is 1. The van der Waals surface area contributed by atoms with Gasteiger partial charge in [0.2, 0.25) is 5.91 Å². The second kappa shape index (κ2) is 9.14. The molecule has 6 heteroatoms. The van der Waals surface area contributed by atoms with Gasteiger partial charge in [0.05, 0.1) is 36.4 Å². The third kappa shape index (κ3) is 4.65. The lowest BCUT2D eigenvalue weighted by atomic mass is 10.0. The molecule has 1 aromatic heterocycles. The minimum Gasteiger partial charge on any atom is -0.497 e. The first kappa shape index (κ1) is 20.8. The monoisotopic (exact) mass is 424 g/mol. The van der Waals surface area contributed by atoms with Crippen LogP contribution in [0, 0.1) is 0 Å². The topological polar surface area (TPSA) is 51.7 Å². The fourth-order valence-electron chi connectivity index (χ4n) is 3.71. The first-order valence-corrected chi connectivity index (χ1v) is 11.3. The summed E-state index contributed by atoms with van der Waals surface area (Å²) in [5.41, 5.74) is 3.15. The zero-order valence-electron chi connectivity index (χ0n) is 17.8. The van der Waals surface area contributed by atoms with E-state index in [9.17, 15) is 4.79 Å². The quantitative estimate of drug-likeness (QED) is 0.524. The molecule has 0 saturated carbocycles.